The number of aliphatic hydroxyl groups is 1. The fourth-order valence-corrected chi connectivity index (χ4v) is 3.24. The Balaban J connectivity index is 1.95. The fraction of sp³-hybridized carbons (Fsp3) is 0.625. The van der Waals surface area contributed by atoms with Crippen LogP contribution in [0.15, 0.2) is 24.3 Å². The van der Waals surface area contributed by atoms with Crippen molar-refractivity contribution in [3.63, 3.8) is 0 Å². The van der Waals surface area contributed by atoms with Gasteiger partial charge in [-0.3, -0.25) is 0 Å². The Bertz CT molecular complexity index is 450. The van der Waals surface area contributed by atoms with Gasteiger partial charge in [-0.15, -0.1) is 0 Å². The van der Waals surface area contributed by atoms with Gasteiger partial charge >= 0.3 is 0 Å². The van der Waals surface area contributed by atoms with Crippen molar-refractivity contribution in [1.82, 2.24) is 4.72 Å². The summed E-state index contributed by atoms with van der Waals surface area (Å²) in [6, 6.07) is 8.25. The normalized spacial score (nSPS) is 28.2. The SMILES string of the molecule is CC1CCC(O)(c2ccc(CCNS(C)=O)cc2)CC1. The van der Waals surface area contributed by atoms with E-state index in [4.69, 9.17) is 0 Å². The van der Waals surface area contributed by atoms with Gasteiger partial charge in [0.2, 0.25) is 0 Å². The van der Waals surface area contributed by atoms with Crippen LogP contribution < -0.4 is 4.72 Å². The molecule has 0 radical (unpaired) electrons. The van der Waals surface area contributed by atoms with Gasteiger partial charge in [0.25, 0.3) is 0 Å². The standard InChI is InChI=1S/C16H25NO2S/c1-13-7-10-16(18,11-8-13)15-5-3-14(4-6-15)9-12-17-20(2)19/h3-6,13,17-18H,7-12H2,1-2H3. The molecule has 1 aromatic carbocycles. The predicted molar refractivity (Wildman–Crippen MR) is 83.7 cm³/mol. The van der Waals surface area contributed by atoms with Crippen LogP contribution in [-0.4, -0.2) is 22.1 Å². The Kier molecular flexibility index (Phi) is 5.35. The first-order valence-electron chi connectivity index (χ1n) is 7.38. The minimum atomic E-state index is -0.948. The van der Waals surface area contributed by atoms with E-state index < -0.39 is 16.6 Å². The van der Waals surface area contributed by atoms with E-state index in [2.05, 4.69) is 23.8 Å². The predicted octanol–water partition coefficient (Wildman–Crippen LogP) is 2.51. The number of benzene rings is 1. The van der Waals surface area contributed by atoms with Crippen molar-refractivity contribution < 1.29 is 9.32 Å². The molecular formula is C16H25NO2S. The maximum absolute atomic E-state index is 10.9. The molecule has 2 N–H and O–H groups in total. The van der Waals surface area contributed by atoms with Crippen LogP contribution in [0.4, 0.5) is 0 Å². The molecule has 0 spiro atoms. The molecule has 0 aliphatic heterocycles. The number of hydrogen-bond acceptors (Lipinski definition) is 2. The first-order chi connectivity index (χ1) is 9.49. The van der Waals surface area contributed by atoms with E-state index in [1.54, 1.807) is 6.26 Å². The zero-order valence-electron chi connectivity index (χ0n) is 12.4. The lowest BCUT2D eigenvalue weighted by molar-refractivity contribution is -0.0120. The van der Waals surface area contributed by atoms with Crippen LogP contribution in [0.1, 0.15) is 43.7 Å². The summed E-state index contributed by atoms with van der Waals surface area (Å²) in [4.78, 5) is 0. The van der Waals surface area contributed by atoms with Gasteiger partial charge in [-0.1, -0.05) is 31.2 Å². The summed E-state index contributed by atoms with van der Waals surface area (Å²) < 4.78 is 13.8. The largest absolute Gasteiger partial charge is 0.385 e. The third-order valence-electron chi connectivity index (χ3n) is 4.31. The molecule has 1 aliphatic rings. The molecule has 0 aromatic heterocycles. The van der Waals surface area contributed by atoms with Crippen molar-refractivity contribution in [2.45, 2.75) is 44.6 Å². The number of rotatable bonds is 5. The Morgan fingerprint density at radius 3 is 2.45 bits per heavy atom. The van der Waals surface area contributed by atoms with Crippen molar-refractivity contribution in [2.75, 3.05) is 12.8 Å². The van der Waals surface area contributed by atoms with E-state index in [0.29, 0.717) is 6.54 Å². The molecule has 0 heterocycles. The van der Waals surface area contributed by atoms with Gasteiger partial charge in [-0.05, 0) is 49.1 Å². The van der Waals surface area contributed by atoms with Crippen LogP contribution in [0.3, 0.4) is 0 Å². The van der Waals surface area contributed by atoms with Gasteiger partial charge in [-0.25, -0.2) is 8.93 Å². The summed E-state index contributed by atoms with van der Waals surface area (Å²) in [5.74, 6) is 0.732. The highest BCUT2D eigenvalue weighted by atomic mass is 32.2. The van der Waals surface area contributed by atoms with E-state index in [1.807, 2.05) is 12.1 Å². The van der Waals surface area contributed by atoms with E-state index >= 15 is 0 Å². The summed E-state index contributed by atoms with van der Waals surface area (Å²) in [7, 11) is -0.948. The molecule has 1 aromatic rings. The molecule has 0 saturated heterocycles. The quantitative estimate of drug-likeness (QED) is 0.877. The number of hydrogen-bond donors (Lipinski definition) is 2. The minimum Gasteiger partial charge on any atom is -0.385 e. The molecule has 20 heavy (non-hydrogen) atoms. The second-order valence-corrected chi connectivity index (χ2v) is 7.21. The molecule has 1 aliphatic carbocycles. The number of nitrogens with one attached hydrogen (secondary N) is 1. The average Bonchev–Trinajstić information content (AvgIpc) is 2.43. The summed E-state index contributed by atoms with van der Waals surface area (Å²) in [6.07, 6.45) is 6.43. The maximum Gasteiger partial charge on any atom is 0.0896 e. The molecule has 4 heteroatoms. The molecule has 1 saturated carbocycles. The van der Waals surface area contributed by atoms with Gasteiger partial charge in [0.15, 0.2) is 0 Å². The molecule has 2 rings (SSSR count). The highest BCUT2D eigenvalue weighted by molar-refractivity contribution is 7.82. The monoisotopic (exact) mass is 295 g/mol. The minimum absolute atomic E-state index is 0.631. The molecule has 112 valence electrons. The third kappa shape index (κ3) is 4.14. The van der Waals surface area contributed by atoms with Gasteiger partial charge in [-0.2, -0.15) is 0 Å². The van der Waals surface area contributed by atoms with Crippen LogP contribution in [0.2, 0.25) is 0 Å². The van der Waals surface area contributed by atoms with Crippen LogP contribution in [0, 0.1) is 5.92 Å². The molecular weight excluding hydrogens is 270 g/mol. The lowest BCUT2D eigenvalue weighted by atomic mass is 9.76. The molecule has 1 fully saturated rings. The molecule has 1 unspecified atom stereocenters. The van der Waals surface area contributed by atoms with Gasteiger partial charge in [0.1, 0.15) is 0 Å². The molecule has 3 nitrogen and oxygen atoms in total. The Morgan fingerprint density at radius 1 is 1.30 bits per heavy atom. The second kappa shape index (κ2) is 6.83. The second-order valence-electron chi connectivity index (χ2n) is 6.01. The first-order valence-corrected chi connectivity index (χ1v) is 8.94. The fourth-order valence-electron chi connectivity index (χ4n) is 2.85. The highest BCUT2D eigenvalue weighted by Gasteiger charge is 2.33. The average molecular weight is 295 g/mol. The smallest absolute Gasteiger partial charge is 0.0896 e. The van der Waals surface area contributed by atoms with Gasteiger partial charge in [0, 0.05) is 12.8 Å². The van der Waals surface area contributed by atoms with Crippen molar-refractivity contribution >= 4 is 11.0 Å². The topological polar surface area (TPSA) is 49.3 Å². The zero-order valence-corrected chi connectivity index (χ0v) is 13.2. The van der Waals surface area contributed by atoms with Crippen LogP contribution in [0.5, 0.6) is 0 Å². The summed E-state index contributed by atoms with van der Waals surface area (Å²) >= 11 is 0. The van der Waals surface area contributed by atoms with Crippen molar-refractivity contribution in [3.8, 4) is 0 Å². The first kappa shape index (κ1) is 15.7. The Labute approximate surface area is 124 Å². The van der Waals surface area contributed by atoms with Crippen molar-refractivity contribution in [2.24, 2.45) is 5.92 Å². The third-order valence-corrected chi connectivity index (χ3v) is 4.92. The molecule has 1 atom stereocenters. The molecule has 0 bridgehead atoms. The molecule has 0 amide bonds. The van der Waals surface area contributed by atoms with Crippen LogP contribution in [0.25, 0.3) is 0 Å². The summed E-state index contributed by atoms with van der Waals surface area (Å²) in [5.41, 5.74) is 1.62. The van der Waals surface area contributed by atoms with Gasteiger partial charge < -0.3 is 5.11 Å². The lowest BCUT2D eigenvalue weighted by Crippen LogP contribution is -2.30. The van der Waals surface area contributed by atoms with E-state index in [-0.39, 0.29) is 0 Å². The van der Waals surface area contributed by atoms with E-state index in [9.17, 15) is 9.32 Å². The van der Waals surface area contributed by atoms with Crippen LogP contribution >= 0.6 is 0 Å². The van der Waals surface area contributed by atoms with E-state index in [1.165, 1.54) is 5.56 Å². The lowest BCUT2D eigenvalue weighted by Gasteiger charge is -2.35. The Hall–Kier alpha value is -0.710. The summed E-state index contributed by atoms with van der Waals surface area (Å²) in [5, 5.41) is 10.7. The van der Waals surface area contributed by atoms with Crippen molar-refractivity contribution in [3.05, 3.63) is 35.4 Å². The summed E-state index contributed by atoms with van der Waals surface area (Å²) in [6.45, 7) is 2.97. The van der Waals surface area contributed by atoms with Gasteiger partial charge in [0.05, 0.1) is 16.6 Å². The highest BCUT2D eigenvalue weighted by Crippen LogP contribution is 2.39. The zero-order chi connectivity index (χ0) is 14.6. The van der Waals surface area contributed by atoms with Crippen molar-refractivity contribution in [1.29, 1.82) is 0 Å². The van der Waals surface area contributed by atoms with Crippen LogP contribution in [-0.2, 0) is 23.0 Å². The maximum atomic E-state index is 10.9. The van der Waals surface area contributed by atoms with E-state index in [0.717, 1.165) is 43.6 Å². The Morgan fingerprint density at radius 2 is 1.90 bits per heavy atom.